The molecular weight excluding hydrogens is 357 g/mol. The Hall–Kier alpha value is -2.81. The van der Waals surface area contributed by atoms with Crippen LogP contribution in [0, 0.1) is 10.8 Å². The van der Waals surface area contributed by atoms with Crippen LogP contribution in [0.2, 0.25) is 0 Å². The predicted molar refractivity (Wildman–Crippen MR) is 106 cm³/mol. The molecule has 140 valence electrons. The maximum atomic E-state index is 13.7. The number of rotatable bonds is 1. The van der Waals surface area contributed by atoms with Crippen LogP contribution < -0.4 is 0 Å². The second-order valence-corrected chi connectivity index (χ2v) is 8.01. The van der Waals surface area contributed by atoms with Crippen LogP contribution in [0.1, 0.15) is 25.0 Å². The molecule has 0 aromatic heterocycles. The van der Waals surface area contributed by atoms with Crippen molar-refractivity contribution in [1.29, 1.82) is 0 Å². The van der Waals surface area contributed by atoms with Crippen LogP contribution in [-0.2, 0) is 6.18 Å². The molecule has 3 heteroatoms. The number of hydrogen-bond donors (Lipinski definition) is 0. The van der Waals surface area contributed by atoms with Gasteiger partial charge in [0.15, 0.2) is 0 Å². The molecule has 28 heavy (non-hydrogen) atoms. The van der Waals surface area contributed by atoms with Crippen molar-refractivity contribution >= 4 is 5.57 Å². The summed E-state index contributed by atoms with van der Waals surface area (Å²) in [5.74, 6) is 0. The van der Waals surface area contributed by atoms with E-state index in [2.05, 4.69) is 44.2 Å². The Labute approximate surface area is 162 Å². The molecule has 0 saturated heterocycles. The van der Waals surface area contributed by atoms with Gasteiger partial charge in [0, 0.05) is 10.8 Å². The Morgan fingerprint density at radius 2 is 1.36 bits per heavy atom. The highest BCUT2D eigenvalue weighted by molar-refractivity contribution is 5.87. The SMILES string of the molecule is C[C@]12C3=CC=CC1=CC=C1C=CC(c4ccccc4C(F)(F)F)=C(C=C3)[C@@]12C. The highest BCUT2D eigenvalue weighted by atomic mass is 19.4. The van der Waals surface area contributed by atoms with Gasteiger partial charge < -0.3 is 0 Å². The third-order valence-electron chi connectivity index (χ3n) is 6.94. The molecule has 1 aromatic rings. The minimum atomic E-state index is -4.40. The zero-order valence-electron chi connectivity index (χ0n) is 15.6. The van der Waals surface area contributed by atoms with Crippen molar-refractivity contribution in [3.05, 3.63) is 112 Å². The molecule has 4 aliphatic rings. The summed E-state index contributed by atoms with van der Waals surface area (Å²) in [4.78, 5) is 0. The molecule has 0 fully saturated rings. The lowest BCUT2D eigenvalue weighted by Gasteiger charge is -2.56. The van der Waals surface area contributed by atoms with Gasteiger partial charge in [-0.25, -0.2) is 0 Å². The molecule has 0 amide bonds. The average molecular weight is 376 g/mol. The van der Waals surface area contributed by atoms with E-state index in [1.165, 1.54) is 23.3 Å². The number of hydrogen-bond acceptors (Lipinski definition) is 0. The molecule has 0 heterocycles. The van der Waals surface area contributed by atoms with E-state index >= 15 is 0 Å². The van der Waals surface area contributed by atoms with Gasteiger partial charge in [-0.15, -0.1) is 0 Å². The first-order chi connectivity index (χ1) is 13.3. The third-order valence-corrected chi connectivity index (χ3v) is 6.94. The van der Waals surface area contributed by atoms with E-state index in [1.807, 2.05) is 24.3 Å². The Bertz CT molecular complexity index is 1110. The largest absolute Gasteiger partial charge is 0.417 e. The Balaban J connectivity index is 1.84. The zero-order chi connectivity index (χ0) is 19.7. The normalized spacial score (nSPS) is 30.0. The Morgan fingerprint density at radius 1 is 0.714 bits per heavy atom. The number of alkyl halides is 3. The zero-order valence-corrected chi connectivity index (χ0v) is 15.6. The van der Waals surface area contributed by atoms with E-state index in [9.17, 15) is 13.2 Å². The summed E-state index contributed by atoms with van der Waals surface area (Å²) in [7, 11) is 0. The molecule has 0 bridgehead atoms. The summed E-state index contributed by atoms with van der Waals surface area (Å²) < 4.78 is 41.1. The van der Waals surface area contributed by atoms with Crippen LogP contribution in [0.15, 0.2) is 101 Å². The van der Waals surface area contributed by atoms with E-state index in [0.29, 0.717) is 5.57 Å². The molecule has 0 unspecified atom stereocenters. The van der Waals surface area contributed by atoms with Gasteiger partial charge in [0.1, 0.15) is 0 Å². The highest BCUT2D eigenvalue weighted by Gasteiger charge is 2.56. The molecular formula is C25H19F3. The number of benzene rings is 1. The van der Waals surface area contributed by atoms with Gasteiger partial charge in [0.05, 0.1) is 5.56 Å². The molecule has 0 saturated carbocycles. The number of halogens is 3. The van der Waals surface area contributed by atoms with Crippen LogP contribution in [0.3, 0.4) is 0 Å². The van der Waals surface area contributed by atoms with Gasteiger partial charge in [-0.1, -0.05) is 86.7 Å². The summed E-state index contributed by atoms with van der Waals surface area (Å²) in [6.07, 6.45) is 14.0. The van der Waals surface area contributed by atoms with Gasteiger partial charge in [0.2, 0.25) is 0 Å². The molecule has 1 aromatic carbocycles. The first kappa shape index (κ1) is 17.3. The Morgan fingerprint density at radius 3 is 2.11 bits per heavy atom. The molecule has 0 N–H and O–H groups in total. The smallest absolute Gasteiger partial charge is 0.166 e. The van der Waals surface area contributed by atoms with Crippen LogP contribution >= 0.6 is 0 Å². The van der Waals surface area contributed by atoms with Crippen LogP contribution in [0.5, 0.6) is 0 Å². The summed E-state index contributed by atoms with van der Waals surface area (Å²) in [6.45, 7) is 4.37. The van der Waals surface area contributed by atoms with Crippen molar-refractivity contribution in [2.24, 2.45) is 10.8 Å². The van der Waals surface area contributed by atoms with Gasteiger partial charge in [-0.05, 0) is 39.5 Å². The fourth-order valence-electron chi connectivity index (χ4n) is 5.22. The monoisotopic (exact) mass is 376 g/mol. The van der Waals surface area contributed by atoms with Crippen LogP contribution in [0.4, 0.5) is 13.2 Å². The van der Waals surface area contributed by atoms with Crippen molar-refractivity contribution in [3.8, 4) is 0 Å². The highest BCUT2D eigenvalue weighted by Crippen LogP contribution is 2.66. The first-order valence-corrected chi connectivity index (χ1v) is 9.37. The van der Waals surface area contributed by atoms with E-state index < -0.39 is 17.2 Å². The molecule has 0 radical (unpaired) electrons. The number of allylic oxidation sites excluding steroid dienone is 14. The molecule has 0 nitrogen and oxygen atoms in total. The van der Waals surface area contributed by atoms with E-state index in [0.717, 1.165) is 11.1 Å². The maximum absolute atomic E-state index is 13.7. The summed E-state index contributed by atoms with van der Waals surface area (Å²) in [5.41, 5.74) is 4.03. The van der Waals surface area contributed by atoms with Crippen LogP contribution in [-0.4, -0.2) is 0 Å². The summed E-state index contributed by atoms with van der Waals surface area (Å²) >= 11 is 0. The van der Waals surface area contributed by atoms with Crippen molar-refractivity contribution in [2.75, 3.05) is 0 Å². The van der Waals surface area contributed by atoms with Crippen molar-refractivity contribution in [2.45, 2.75) is 20.0 Å². The molecule has 5 rings (SSSR count). The maximum Gasteiger partial charge on any atom is 0.417 e. The van der Waals surface area contributed by atoms with Crippen molar-refractivity contribution < 1.29 is 13.2 Å². The lowest BCUT2D eigenvalue weighted by atomic mass is 9.46. The predicted octanol–water partition coefficient (Wildman–Crippen LogP) is 6.97. The van der Waals surface area contributed by atoms with Crippen molar-refractivity contribution in [1.82, 2.24) is 0 Å². The van der Waals surface area contributed by atoms with Gasteiger partial charge in [0.25, 0.3) is 0 Å². The van der Waals surface area contributed by atoms with E-state index in [-0.39, 0.29) is 11.0 Å². The lowest BCUT2D eigenvalue weighted by Crippen LogP contribution is -2.47. The summed E-state index contributed by atoms with van der Waals surface area (Å²) in [5, 5.41) is 0. The van der Waals surface area contributed by atoms with Crippen LogP contribution in [0.25, 0.3) is 5.57 Å². The fourth-order valence-corrected chi connectivity index (χ4v) is 5.22. The minimum absolute atomic E-state index is 0.240. The second kappa shape index (κ2) is 5.38. The summed E-state index contributed by atoms with van der Waals surface area (Å²) in [6, 6.07) is 5.87. The van der Waals surface area contributed by atoms with E-state index in [1.54, 1.807) is 12.1 Å². The first-order valence-electron chi connectivity index (χ1n) is 9.37. The van der Waals surface area contributed by atoms with Gasteiger partial charge >= 0.3 is 6.18 Å². The molecule has 4 aliphatic carbocycles. The standard InChI is InChI=1S/C25H19F3/c1-23-16-6-5-7-17(23)13-15-21-20(14-12-18(11-10-16)24(21,23)2)19-8-3-4-9-22(19)25(26,27)28/h3-15H,1-2H3/t23-,24-/m1/s1. The van der Waals surface area contributed by atoms with Gasteiger partial charge in [-0.3, -0.25) is 0 Å². The molecule has 0 aliphatic heterocycles. The Kier molecular flexibility index (Phi) is 3.32. The second-order valence-electron chi connectivity index (χ2n) is 8.01. The lowest BCUT2D eigenvalue weighted by molar-refractivity contribution is -0.137. The quantitative estimate of drug-likeness (QED) is 0.496. The van der Waals surface area contributed by atoms with Gasteiger partial charge in [-0.2, -0.15) is 13.2 Å². The minimum Gasteiger partial charge on any atom is -0.166 e. The average Bonchev–Trinajstić information content (AvgIpc) is 2.65. The fraction of sp³-hybridized carbons (Fsp3) is 0.200. The van der Waals surface area contributed by atoms with E-state index in [4.69, 9.17) is 0 Å². The van der Waals surface area contributed by atoms with Crippen molar-refractivity contribution in [3.63, 3.8) is 0 Å². The third kappa shape index (κ3) is 1.97. The topological polar surface area (TPSA) is 0 Å². The molecule has 0 spiro atoms. The molecule has 2 atom stereocenters.